The van der Waals surface area contributed by atoms with Gasteiger partial charge in [-0.05, 0) is 25.7 Å². The van der Waals surface area contributed by atoms with Crippen molar-refractivity contribution in [2.75, 3.05) is 11.8 Å². The smallest absolute Gasteiger partial charge is 0.0404 e. The highest BCUT2D eigenvalue weighted by atomic mass is 35.5. The first kappa shape index (κ1) is 12.1. The van der Waals surface area contributed by atoms with Crippen LogP contribution in [0.3, 0.4) is 0 Å². The lowest BCUT2D eigenvalue weighted by Gasteiger charge is -1.91. The van der Waals surface area contributed by atoms with Gasteiger partial charge in [-0.2, -0.15) is 0 Å². The summed E-state index contributed by atoms with van der Waals surface area (Å²) in [5.74, 6) is 1.26. The zero-order chi connectivity index (χ0) is 9.07. The Kier molecular flexibility index (Phi) is 11.1. The molecule has 0 radical (unpaired) electrons. The number of hydrogen-bond donors (Lipinski definition) is 0. The SMILES string of the molecule is ClC/C=C/CCCC/C=C/CCl. The van der Waals surface area contributed by atoms with Crippen LogP contribution in [0.4, 0.5) is 0 Å². The molecule has 0 aliphatic carbocycles. The molecule has 0 saturated carbocycles. The molecule has 2 heteroatoms. The second-order valence-corrected chi connectivity index (χ2v) is 3.15. The Morgan fingerprint density at radius 2 is 1.08 bits per heavy atom. The third-order valence-electron chi connectivity index (χ3n) is 1.50. The molecule has 0 amide bonds. The molecule has 0 atom stereocenters. The third kappa shape index (κ3) is 10.1. The average Bonchev–Trinajstić information content (AvgIpc) is 2.10. The van der Waals surface area contributed by atoms with E-state index in [0.717, 1.165) is 12.8 Å². The molecule has 0 fully saturated rings. The van der Waals surface area contributed by atoms with Gasteiger partial charge in [0.1, 0.15) is 0 Å². The quantitative estimate of drug-likeness (QED) is 0.334. The van der Waals surface area contributed by atoms with Crippen LogP contribution < -0.4 is 0 Å². The topological polar surface area (TPSA) is 0 Å². The van der Waals surface area contributed by atoms with Crippen LogP contribution in [0, 0.1) is 0 Å². The Labute approximate surface area is 85.3 Å². The van der Waals surface area contributed by atoms with E-state index in [4.69, 9.17) is 23.2 Å². The molecule has 0 bridgehead atoms. The number of halogens is 2. The Morgan fingerprint density at radius 1 is 0.667 bits per heavy atom. The van der Waals surface area contributed by atoms with Gasteiger partial charge in [0.2, 0.25) is 0 Å². The molecule has 0 aliphatic heterocycles. The zero-order valence-electron chi connectivity index (χ0n) is 7.31. The molecular weight excluding hydrogens is 191 g/mol. The summed E-state index contributed by atoms with van der Waals surface area (Å²) < 4.78 is 0. The monoisotopic (exact) mass is 206 g/mol. The van der Waals surface area contributed by atoms with Gasteiger partial charge in [0.25, 0.3) is 0 Å². The summed E-state index contributed by atoms with van der Waals surface area (Å²) in [6.07, 6.45) is 13.0. The van der Waals surface area contributed by atoms with Crippen molar-refractivity contribution in [2.45, 2.75) is 25.7 Å². The van der Waals surface area contributed by atoms with Crippen molar-refractivity contribution < 1.29 is 0 Å². The minimum absolute atomic E-state index is 0.631. The maximum Gasteiger partial charge on any atom is 0.0404 e. The van der Waals surface area contributed by atoms with E-state index in [9.17, 15) is 0 Å². The predicted octanol–water partition coefficient (Wildman–Crippen LogP) is 4.14. The van der Waals surface area contributed by atoms with E-state index < -0.39 is 0 Å². The van der Waals surface area contributed by atoms with Crippen LogP contribution in [0.2, 0.25) is 0 Å². The van der Waals surface area contributed by atoms with Crippen molar-refractivity contribution >= 4 is 23.2 Å². The van der Waals surface area contributed by atoms with Crippen LogP contribution in [-0.4, -0.2) is 11.8 Å². The van der Waals surface area contributed by atoms with Gasteiger partial charge in [-0.25, -0.2) is 0 Å². The molecule has 0 N–H and O–H groups in total. The van der Waals surface area contributed by atoms with Crippen LogP contribution in [0.15, 0.2) is 24.3 Å². The molecule has 0 nitrogen and oxygen atoms in total. The molecule has 0 aromatic rings. The summed E-state index contributed by atoms with van der Waals surface area (Å²) in [5, 5.41) is 0. The molecule has 0 aromatic carbocycles. The van der Waals surface area contributed by atoms with Crippen LogP contribution in [0.25, 0.3) is 0 Å². The first-order chi connectivity index (χ1) is 5.91. The van der Waals surface area contributed by atoms with E-state index in [1.165, 1.54) is 12.8 Å². The van der Waals surface area contributed by atoms with Gasteiger partial charge in [0.15, 0.2) is 0 Å². The van der Waals surface area contributed by atoms with Crippen LogP contribution >= 0.6 is 23.2 Å². The summed E-state index contributed by atoms with van der Waals surface area (Å²) >= 11 is 10.9. The molecular formula is C10H16Cl2. The Balaban J connectivity index is 3.00. The van der Waals surface area contributed by atoms with E-state index in [-0.39, 0.29) is 0 Å². The van der Waals surface area contributed by atoms with Crippen LogP contribution in [0.1, 0.15) is 25.7 Å². The van der Waals surface area contributed by atoms with Gasteiger partial charge in [-0.1, -0.05) is 24.3 Å². The first-order valence-corrected chi connectivity index (χ1v) is 5.40. The van der Waals surface area contributed by atoms with Gasteiger partial charge in [0, 0.05) is 11.8 Å². The Morgan fingerprint density at radius 3 is 1.42 bits per heavy atom. The molecule has 12 heavy (non-hydrogen) atoms. The fourth-order valence-corrected chi connectivity index (χ4v) is 1.14. The molecule has 0 rings (SSSR count). The predicted molar refractivity (Wildman–Crippen MR) is 58.2 cm³/mol. The van der Waals surface area contributed by atoms with E-state index in [1.54, 1.807) is 0 Å². The lowest BCUT2D eigenvalue weighted by Crippen LogP contribution is -1.73. The van der Waals surface area contributed by atoms with Crippen molar-refractivity contribution in [1.29, 1.82) is 0 Å². The maximum atomic E-state index is 5.47. The molecule has 70 valence electrons. The molecule has 0 aromatic heterocycles. The van der Waals surface area contributed by atoms with Crippen molar-refractivity contribution in [2.24, 2.45) is 0 Å². The molecule has 0 saturated heterocycles. The minimum Gasteiger partial charge on any atom is -0.122 e. The van der Waals surface area contributed by atoms with E-state index >= 15 is 0 Å². The van der Waals surface area contributed by atoms with Crippen molar-refractivity contribution in [3.05, 3.63) is 24.3 Å². The Hall–Kier alpha value is 0.0600. The second-order valence-electron chi connectivity index (χ2n) is 2.54. The summed E-state index contributed by atoms with van der Waals surface area (Å²) in [7, 11) is 0. The minimum atomic E-state index is 0.631. The number of alkyl halides is 2. The summed E-state index contributed by atoms with van der Waals surface area (Å²) in [6, 6.07) is 0. The summed E-state index contributed by atoms with van der Waals surface area (Å²) in [4.78, 5) is 0. The highest BCUT2D eigenvalue weighted by Gasteiger charge is 1.82. The highest BCUT2D eigenvalue weighted by molar-refractivity contribution is 6.19. The average molecular weight is 207 g/mol. The van der Waals surface area contributed by atoms with E-state index in [2.05, 4.69) is 12.2 Å². The van der Waals surface area contributed by atoms with E-state index in [1.807, 2.05) is 12.2 Å². The van der Waals surface area contributed by atoms with Crippen LogP contribution in [-0.2, 0) is 0 Å². The second kappa shape index (κ2) is 11.1. The largest absolute Gasteiger partial charge is 0.122 e. The number of unbranched alkanes of at least 4 members (excludes halogenated alkanes) is 3. The number of rotatable bonds is 7. The maximum absolute atomic E-state index is 5.47. The zero-order valence-corrected chi connectivity index (χ0v) is 8.82. The fourth-order valence-electron chi connectivity index (χ4n) is 0.886. The lowest BCUT2D eigenvalue weighted by atomic mass is 10.2. The standard InChI is InChI=1S/C10H16Cl2/c11-9-7-5-3-1-2-4-6-8-10-12/h5-8H,1-4,9-10H2/b7-5+,8-6+. The van der Waals surface area contributed by atoms with E-state index in [0.29, 0.717) is 11.8 Å². The first-order valence-electron chi connectivity index (χ1n) is 4.33. The fraction of sp³-hybridized carbons (Fsp3) is 0.600. The van der Waals surface area contributed by atoms with Crippen molar-refractivity contribution in [3.8, 4) is 0 Å². The highest BCUT2D eigenvalue weighted by Crippen LogP contribution is 2.01. The van der Waals surface area contributed by atoms with Crippen molar-refractivity contribution in [3.63, 3.8) is 0 Å². The van der Waals surface area contributed by atoms with Gasteiger partial charge in [-0.15, -0.1) is 23.2 Å². The molecule has 0 unspecified atom stereocenters. The lowest BCUT2D eigenvalue weighted by molar-refractivity contribution is 0.761. The number of hydrogen-bond acceptors (Lipinski definition) is 0. The third-order valence-corrected chi connectivity index (χ3v) is 1.86. The Bertz CT molecular complexity index is 112. The van der Waals surface area contributed by atoms with Gasteiger partial charge >= 0.3 is 0 Å². The molecule has 0 heterocycles. The summed E-state index contributed by atoms with van der Waals surface area (Å²) in [5.41, 5.74) is 0. The normalized spacial score (nSPS) is 11.8. The van der Waals surface area contributed by atoms with Gasteiger partial charge in [-0.3, -0.25) is 0 Å². The molecule has 0 aliphatic rings. The van der Waals surface area contributed by atoms with Gasteiger partial charge in [0.05, 0.1) is 0 Å². The summed E-state index contributed by atoms with van der Waals surface area (Å²) in [6.45, 7) is 0. The van der Waals surface area contributed by atoms with Crippen LogP contribution in [0.5, 0.6) is 0 Å². The number of allylic oxidation sites excluding steroid dienone is 4. The molecule has 0 spiro atoms. The van der Waals surface area contributed by atoms with Gasteiger partial charge < -0.3 is 0 Å². The van der Waals surface area contributed by atoms with Crippen molar-refractivity contribution in [1.82, 2.24) is 0 Å².